The molecule has 0 bridgehead atoms. The lowest BCUT2D eigenvalue weighted by Gasteiger charge is -2.06. The molecule has 0 aliphatic rings. The Morgan fingerprint density at radius 1 is 1.08 bits per heavy atom. The van der Waals surface area contributed by atoms with Gasteiger partial charge in [-0.25, -0.2) is 0 Å². The standard InChI is InChI=1S/C7H4Br4O/c8-4-1-3(7(10)11)2-5(9)6(4)12/h1-2,7,12H. The summed E-state index contributed by atoms with van der Waals surface area (Å²) in [7, 11) is 0. The molecule has 0 spiro atoms. The maximum absolute atomic E-state index is 9.39. The fourth-order valence-corrected chi connectivity index (χ4v) is 2.46. The molecule has 0 radical (unpaired) electrons. The summed E-state index contributed by atoms with van der Waals surface area (Å²) < 4.78 is 1.45. The molecule has 66 valence electrons. The van der Waals surface area contributed by atoms with Crippen LogP contribution in [-0.2, 0) is 0 Å². The number of benzene rings is 1. The lowest BCUT2D eigenvalue weighted by molar-refractivity contribution is 0.468. The molecule has 0 amide bonds. The molecule has 0 saturated heterocycles. The first kappa shape index (κ1) is 11.0. The van der Waals surface area contributed by atoms with E-state index in [9.17, 15) is 5.11 Å². The Morgan fingerprint density at radius 2 is 1.50 bits per heavy atom. The third-order valence-electron chi connectivity index (χ3n) is 1.29. The molecule has 1 aromatic rings. The fourth-order valence-electron chi connectivity index (χ4n) is 0.711. The number of rotatable bonds is 1. The van der Waals surface area contributed by atoms with Gasteiger partial charge in [0.15, 0.2) is 0 Å². The van der Waals surface area contributed by atoms with Crippen LogP contribution in [0.2, 0.25) is 0 Å². The quantitative estimate of drug-likeness (QED) is 0.649. The van der Waals surface area contributed by atoms with E-state index in [1.54, 1.807) is 0 Å². The van der Waals surface area contributed by atoms with Crippen molar-refractivity contribution in [2.45, 2.75) is 3.74 Å². The highest BCUT2D eigenvalue weighted by molar-refractivity contribution is 9.24. The van der Waals surface area contributed by atoms with Crippen molar-refractivity contribution >= 4 is 63.7 Å². The van der Waals surface area contributed by atoms with Gasteiger partial charge in [-0.05, 0) is 49.6 Å². The number of hydrogen-bond donors (Lipinski definition) is 1. The molecule has 0 unspecified atom stereocenters. The first-order valence-electron chi connectivity index (χ1n) is 2.98. The van der Waals surface area contributed by atoms with E-state index in [0.717, 1.165) is 5.56 Å². The van der Waals surface area contributed by atoms with Crippen LogP contribution in [0.4, 0.5) is 0 Å². The summed E-state index contributed by atoms with van der Waals surface area (Å²) in [6.07, 6.45) is 0. The Hall–Kier alpha value is 0.940. The monoisotopic (exact) mass is 420 g/mol. The highest BCUT2D eigenvalue weighted by Crippen LogP contribution is 2.38. The lowest BCUT2D eigenvalue weighted by atomic mass is 10.2. The molecule has 12 heavy (non-hydrogen) atoms. The van der Waals surface area contributed by atoms with E-state index in [-0.39, 0.29) is 9.49 Å². The van der Waals surface area contributed by atoms with Crippen molar-refractivity contribution in [1.82, 2.24) is 0 Å². The first-order valence-corrected chi connectivity index (χ1v) is 6.40. The highest BCUT2D eigenvalue weighted by atomic mass is 79.9. The Labute approximate surface area is 104 Å². The lowest BCUT2D eigenvalue weighted by Crippen LogP contribution is -1.82. The van der Waals surface area contributed by atoms with Gasteiger partial charge in [0.1, 0.15) is 5.75 Å². The maximum Gasteiger partial charge on any atom is 0.143 e. The molecular weight excluding hydrogens is 420 g/mol. The summed E-state index contributed by atoms with van der Waals surface area (Å²) in [5, 5.41) is 9.39. The molecule has 5 heteroatoms. The van der Waals surface area contributed by atoms with Gasteiger partial charge in [0, 0.05) is 0 Å². The largest absolute Gasteiger partial charge is 0.506 e. The number of phenols is 1. The first-order chi connectivity index (χ1) is 5.52. The van der Waals surface area contributed by atoms with E-state index >= 15 is 0 Å². The molecule has 0 fully saturated rings. The number of alkyl halides is 2. The zero-order valence-corrected chi connectivity index (χ0v) is 12.0. The molecule has 0 aliphatic carbocycles. The maximum atomic E-state index is 9.39. The minimum atomic E-state index is 0.0956. The zero-order chi connectivity index (χ0) is 9.30. The Morgan fingerprint density at radius 3 is 1.83 bits per heavy atom. The minimum absolute atomic E-state index is 0.0956. The number of halogens is 4. The van der Waals surface area contributed by atoms with E-state index in [1.165, 1.54) is 0 Å². The van der Waals surface area contributed by atoms with Gasteiger partial charge in [-0.3, -0.25) is 0 Å². The van der Waals surface area contributed by atoms with Crippen molar-refractivity contribution in [1.29, 1.82) is 0 Å². The molecule has 1 N–H and O–H groups in total. The van der Waals surface area contributed by atoms with Gasteiger partial charge < -0.3 is 5.11 Å². The van der Waals surface area contributed by atoms with Crippen LogP contribution in [0.3, 0.4) is 0 Å². The topological polar surface area (TPSA) is 20.2 Å². The predicted molar refractivity (Wildman–Crippen MR) is 64.1 cm³/mol. The van der Waals surface area contributed by atoms with E-state index < -0.39 is 0 Å². The molecule has 1 aromatic carbocycles. The van der Waals surface area contributed by atoms with Crippen molar-refractivity contribution in [3.63, 3.8) is 0 Å². The van der Waals surface area contributed by atoms with Gasteiger partial charge in [-0.1, -0.05) is 31.9 Å². The van der Waals surface area contributed by atoms with Gasteiger partial charge in [0.05, 0.1) is 12.7 Å². The molecule has 0 saturated carbocycles. The smallest absolute Gasteiger partial charge is 0.143 e. The molecule has 0 atom stereocenters. The molecule has 0 aliphatic heterocycles. The SMILES string of the molecule is Oc1c(Br)cc(C(Br)Br)cc1Br. The van der Waals surface area contributed by atoms with Gasteiger partial charge >= 0.3 is 0 Å². The summed E-state index contributed by atoms with van der Waals surface area (Å²) in [6.45, 7) is 0. The summed E-state index contributed by atoms with van der Waals surface area (Å²) in [6, 6.07) is 3.68. The van der Waals surface area contributed by atoms with Gasteiger partial charge in [-0.2, -0.15) is 0 Å². The average Bonchev–Trinajstić information content (AvgIpc) is 1.99. The van der Waals surface area contributed by atoms with Crippen molar-refractivity contribution < 1.29 is 5.11 Å². The van der Waals surface area contributed by atoms with E-state index in [1.807, 2.05) is 12.1 Å². The van der Waals surface area contributed by atoms with Crippen molar-refractivity contribution in [2.24, 2.45) is 0 Å². The summed E-state index contributed by atoms with van der Waals surface area (Å²) in [5.41, 5.74) is 1.03. The van der Waals surface area contributed by atoms with Gasteiger partial charge in [-0.15, -0.1) is 0 Å². The van der Waals surface area contributed by atoms with Crippen molar-refractivity contribution in [2.75, 3.05) is 0 Å². The molecular formula is C7H4Br4O. The Bertz CT molecular complexity index is 274. The van der Waals surface area contributed by atoms with E-state index in [4.69, 9.17) is 0 Å². The zero-order valence-electron chi connectivity index (χ0n) is 5.69. The number of hydrogen-bond acceptors (Lipinski definition) is 1. The molecule has 0 aromatic heterocycles. The van der Waals surface area contributed by atoms with Crippen LogP contribution in [0, 0.1) is 0 Å². The van der Waals surface area contributed by atoms with Crippen LogP contribution in [0.25, 0.3) is 0 Å². The molecule has 1 nitrogen and oxygen atoms in total. The molecule has 0 heterocycles. The van der Waals surface area contributed by atoms with Crippen LogP contribution in [0.15, 0.2) is 21.1 Å². The number of phenolic OH excluding ortho intramolecular Hbond substituents is 1. The van der Waals surface area contributed by atoms with Crippen LogP contribution >= 0.6 is 63.7 Å². The number of aromatic hydroxyl groups is 1. The summed E-state index contributed by atoms with van der Waals surface area (Å²) in [4.78, 5) is 0. The van der Waals surface area contributed by atoms with Crippen LogP contribution in [0.1, 0.15) is 9.30 Å². The van der Waals surface area contributed by atoms with Crippen molar-refractivity contribution in [3.05, 3.63) is 26.6 Å². The normalized spacial score (nSPS) is 10.8. The summed E-state index contributed by atoms with van der Waals surface area (Å²) >= 11 is 13.2. The van der Waals surface area contributed by atoms with Crippen LogP contribution in [-0.4, -0.2) is 5.11 Å². The summed E-state index contributed by atoms with van der Waals surface area (Å²) in [5.74, 6) is 0.222. The van der Waals surface area contributed by atoms with E-state index in [2.05, 4.69) is 63.7 Å². The molecule has 1 rings (SSSR count). The minimum Gasteiger partial charge on any atom is -0.506 e. The van der Waals surface area contributed by atoms with Crippen LogP contribution < -0.4 is 0 Å². The predicted octanol–water partition coefficient (Wildman–Crippen LogP) is 4.71. The highest BCUT2D eigenvalue weighted by Gasteiger charge is 2.09. The second-order valence-corrected chi connectivity index (χ2v) is 6.90. The van der Waals surface area contributed by atoms with Crippen LogP contribution in [0.5, 0.6) is 5.75 Å². The third kappa shape index (κ3) is 2.47. The average molecular weight is 424 g/mol. The van der Waals surface area contributed by atoms with Gasteiger partial charge in [0.2, 0.25) is 0 Å². The fraction of sp³-hybridized carbons (Fsp3) is 0.143. The second kappa shape index (κ2) is 4.44. The van der Waals surface area contributed by atoms with E-state index in [0.29, 0.717) is 8.95 Å². The Balaban J connectivity index is 3.21. The third-order valence-corrected chi connectivity index (χ3v) is 3.56. The Kier molecular flexibility index (Phi) is 4.08. The van der Waals surface area contributed by atoms with Crippen molar-refractivity contribution in [3.8, 4) is 5.75 Å². The van der Waals surface area contributed by atoms with Gasteiger partial charge in [0.25, 0.3) is 0 Å². The second-order valence-electron chi connectivity index (χ2n) is 2.13.